The molecule has 2 saturated heterocycles. The molecule has 7 heteroatoms. The lowest BCUT2D eigenvalue weighted by Crippen LogP contribution is -2.51. The zero-order chi connectivity index (χ0) is 14.5. The largest absolute Gasteiger partial charge is 0.481 e. The number of piperidine rings is 1. The average molecular weight is 286 g/mol. The van der Waals surface area contributed by atoms with E-state index < -0.39 is 17.9 Å². The first-order valence-corrected chi connectivity index (χ1v) is 7.08. The van der Waals surface area contributed by atoms with Gasteiger partial charge in [-0.25, -0.2) is 4.79 Å². The summed E-state index contributed by atoms with van der Waals surface area (Å²) in [6.07, 6.45) is 2.64. The number of carbonyl (C=O) groups is 2. The van der Waals surface area contributed by atoms with E-state index in [1.165, 1.54) is 0 Å². The molecule has 0 bridgehead atoms. The normalized spacial score (nSPS) is 30.2. The third-order valence-corrected chi connectivity index (χ3v) is 4.05. The Bertz CT molecular complexity index is 361. The zero-order valence-corrected chi connectivity index (χ0v) is 11.5. The maximum Gasteiger partial charge on any atom is 0.317 e. The van der Waals surface area contributed by atoms with Gasteiger partial charge in [0, 0.05) is 19.7 Å². The van der Waals surface area contributed by atoms with E-state index in [9.17, 15) is 9.59 Å². The molecule has 0 radical (unpaired) electrons. The maximum atomic E-state index is 12.2. The summed E-state index contributed by atoms with van der Waals surface area (Å²) >= 11 is 0. The third-order valence-electron chi connectivity index (χ3n) is 4.05. The number of amides is 2. The molecule has 2 aliphatic heterocycles. The van der Waals surface area contributed by atoms with Crippen molar-refractivity contribution in [1.29, 1.82) is 0 Å². The molecule has 0 aromatic rings. The summed E-state index contributed by atoms with van der Waals surface area (Å²) < 4.78 is 5.13. The predicted molar refractivity (Wildman–Crippen MR) is 70.3 cm³/mol. The Morgan fingerprint density at radius 2 is 2.15 bits per heavy atom. The van der Waals surface area contributed by atoms with Crippen molar-refractivity contribution in [2.45, 2.75) is 25.3 Å². The average Bonchev–Trinajstić information content (AvgIpc) is 2.88. The van der Waals surface area contributed by atoms with Crippen molar-refractivity contribution >= 4 is 12.0 Å². The highest BCUT2D eigenvalue weighted by Crippen LogP contribution is 2.20. The number of urea groups is 1. The van der Waals surface area contributed by atoms with Crippen molar-refractivity contribution in [2.75, 3.05) is 32.9 Å². The number of carboxylic acid groups (broad SMARTS) is 1. The summed E-state index contributed by atoms with van der Waals surface area (Å²) in [4.78, 5) is 24.9. The fourth-order valence-electron chi connectivity index (χ4n) is 2.86. The van der Waals surface area contributed by atoms with Crippen molar-refractivity contribution in [2.24, 2.45) is 11.8 Å². The molecule has 3 unspecified atom stereocenters. The minimum Gasteiger partial charge on any atom is -0.481 e. The molecule has 0 aliphatic carbocycles. The van der Waals surface area contributed by atoms with Gasteiger partial charge in [-0.2, -0.15) is 0 Å². The highest BCUT2D eigenvalue weighted by atomic mass is 16.5. The first-order chi connectivity index (χ1) is 9.61. The molecule has 20 heavy (non-hydrogen) atoms. The van der Waals surface area contributed by atoms with Crippen LogP contribution in [0, 0.1) is 11.8 Å². The van der Waals surface area contributed by atoms with E-state index in [4.69, 9.17) is 14.9 Å². The number of nitrogens with one attached hydrogen (secondary N) is 1. The maximum absolute atomic E-state index is 12.2. The number of aliphatic carboxylic acids is 1. The topological polar surface area (TPSA) is 99.1 Å². The number of ether oxygens (including phenoxy) is 1. The standard InChI is InChI=1S/C13H22N2O5/c16-5-3-9-2-1-4-15(6-9)13(19)14-11-8-20-7-10(11)12(17)18/h9-11,16H,1-8H2,(H,14,19)(H,17,18). The van der Waals surface area contributed by atoms with Crippen LogP contribution in [0.2, 0.25) is 0 Å². The first kappa shape index (κ1) is 15.1. The van der Waals surface area contributed by atoms with Crippen LogP contribution in [0.5, 0.6) is 0 Å². The van der Waals surface area contributed by atoms with Gasteiger partial charge in [-0.3, -0.25) is 4.79 Å². The van der Waals surface area contributed by atoms with Gasteiger partial charge in [-0.15, -0.1) is 0 Å². The van der Waals surface area contributed by atoms with E-state index in [0.29, 0.717) is 25.4 Å². The van der Waals surface area contributed by atoms with Gasteiger partial charge in [0.05, 0.1) is 19.3 Å². The summed E-state index contributed by atoms with van der Waals surface area (Å²) in [5.74, 6) is -1.28. The SMILES string of the molecule is O=C(O)C1COCC1NC(=O)N1CCCC(CCO)C1. The quantitative estimate of drug-likeness (QED) is 0.669. The van der Waals surface area contributed by atoms with Crippen LogP contribution in [0.25, 0.3) is 0 Å². The van der Waals surface area contributed by atoms with Gasteiger partial charge in [0.2, 0.25) is 0 Å². The highest BCUT2D eigenvalue weighted by Gasteiger charge is 2.36. The molecule has 2 fully saturated rings. The number of hydrogen-bond acceptors (Lipinski definition) is 4. The molecular weight excluding hydrogens is 264 g/mol. The van der Waals surface area contributed by atoms with E-state index in [0.717, 1.165) is 12.8 Å². The van der Waals surface area contributed by atoms with Gasteiger partial charge < -0.3 is 25.2 Å². The second-order valence-corrected chi connectivity index (χ2v) is 5.50. The second kappa shape index (κ2) is 6.90. The molecule has 2 amide bonds. The van der Waals surface area contributed by atoms with Gasteiger partial charge in [0.15, 0.2) is 0 Å². The summed E-state index contributed by atoms with van der Waals surface area (Å²) in [6.45, 7) is 1.83. The number of hydrogen-bond donors (Lipinski definition) is 3. The molecule has 114 valence electrons. The van der Waals surface area contributed by atoms with Crippen LogP contribution in [-0.4, -0.2) is 66.1 Å². The lowest BCUT2D eigenvalue weighted by Gasteiger charge is -2.33. The van der Waals surface area contributed by atoms with Crippen LogP contribution >= 0.6 is 0 Å². The molecule has 0 spiro atoms. The van der Waals surface area contributed by atoms with E-state index in [-0.39, 0.29) is 25.9 Å². The molecule has 2 rings (SSSR count). The second-order valence-electron chi connectivity index (χ2n) is 5.50. The molecule has 0 saturated carbocycles. The Labute approximate surface area is 117 Å². The number of aliphatic hydroxyl groups is 1. The van der Waals surface area contributed by atoms with Crippen molar-refractivity contribution < 1.29 is 24.5 Å². The zero-order valence-electron chi connectivity index (χ0n) is 11.5. The van der Waals surface area contributed by atoms with Crippen LogP contribution in [-0.2, 0) is 9.53 Å². The van der Waals surface area contributed by atoms with Gasteiger partial charge in [-0.05, 0) is 25.2 Å². The molecule has 3 N–H and O–H groups in total. The van der Waals surface area contributed by atoms with Gasteiger partial charge in [0.1, 0.15) is 5.92 Å². The van der Waals surface area contributed by atoms with E-state index in [1.54, 1.807) is 4.90 Å². The summed E-state index contributed by atoms with van der Waals surface area (Å²) in [5.41, 5.74) is 0. The Balaban J connectivity index is 1.86. The Kier molecular flexibility index (Phi) is 5.19. The summed E-state index contributed by atoms with van der Waals surface area (Å²) in [6, 6.07) is -0.687. The van der Waals surface area contributed by atoms with Crippen LogP contribution in [0.1, 0.15) is 19.3 Å². The first-order valence-electron chi connectivity index (χ1n) is 7.08. The minimum absolute atomic E-state index is 0.137. The number of aliphatic hydroxyl groups excluding tert-OH is 1. The Morgan fingerprint density at radius 3 is 2.85 bits per heavy atom. The minimum atomic E-state index is -0.940. The van der Waals surface area contributed by atoms with Crippen LogP contribution in [0.4, 0.5) is 4.79 Å². The van der Waals surface area contributed by atoms with E-state index in [2.05, 4.69) is 5.32 Å². The predicted octanol–water partition coefficient (Wildman–Crippen LogP) is -0.110. The lowest BCUT2D eigenvalue weighted by atomic mass is 9.95. The van der Waals surface area contributed by atoms with Crippen molar-refractivity contribution in [3.8, 4) is 0 Å². The molecule has 2 heterocycles. The molecule has 0 aromatic heterocycles. The number of carboxylic acids is 1. The van der Waals surface area contributed by atoms with Gasteiger partial charge in [-0.1, -0.05) is 0 Å². The van der Waals surface area contributed by atoms with Crippen molar-refractivity contribution in [3.05, 3.63) is 0 Å². The molecular formula is C13H22N2O5. The third kappa shape index (κ3) is 3.61. The highest BCUT2D eigenvalue weighted by molar-refractivity contribution is 5.77. The summed E-state index contributed by atoms with van der Waals surface area (Å²) in [7, 11) is 0. The Hall–Kier alpha value is -1.34. The van der Waals surface area contributed by atoms with Crippen molar-refractivity contribution in [1.82, 2.24) is 10.2 Å². The Morgan fingerprint density at radius 1 is 1.35 bits per heavy atom. The fourth-order valence-corrected chi connectivity index (χ4v) is 2.86. The van der Waals surface area contributed by atoms with E-state index >= 15 is 0 Å². The van der Waals surface area contributed by atoms with Gasteiger partial charge in [0.25, 0.3) is 0 Å². The lowest BCUT2D eigenvalue weighted by molar-refractivity contribution is -0.142. The number of carbonyl (C=O) groups excluding carboxylic acids is 1. The van der Waals surface area contributed by atoms with Crippen LogP contribution in [0.15, 0.2) is 0 Å². The van der Waals surface area contributed by atoms with Gasteiger partial charge >= 0.3 is 12.0 Å². The van der Waals surface area contributed by atoms with Crippen LogP contribution in [0.3, 0.4) is 0 Å². The smallest absolute Gasteiger partial charge is 0.317 e. The number of nitrogens with zero attached hydrogens (tertiary/aromatic N) is 1. The van der Waals surface area contributed by atoms with Crippen molar-refractivity contribution in [3.63, 3.8) is 0 Å². The van der Waals surface area contributed by atoms with Crippen LogP contribution < -0.4 is 5.32 Å². The molecule has 3 atom stereocenters. The fraction of sp³-hybridized carbons (Fsp3) is 0.846. The number of rotatable bonds is 4. The number of likely N-dealkylation sites (tertiary alicyclic amines) is 1. The van der Waals surface area contributed by atoms with E-state index in [1.807, 2.05) is 0 Å². The molecule has 7 nitrogen and oxygen atoms in total. The molecule has 0 aromatic carbocycles. The monoisotopic (exact) mass is 286 g/mol. The molecule has 2 aliphatic rings. The summed E-state index contributed by atoms with van der Waals surface area (Å²) in [5, 5.41) is 20.8.